The Kier molecular flexibility index (Phi) is 5.55. The molecule has 1 fully saturated rings. The first-order valence-corrected chi connectivity index (χ1v) is 5.83. The molecule has 1 aliphatic heterocycles. The molecule has 0 aromatic heterocycles. The van der Waals surface area contributed by atoms with Crippen LogP contribution in [0.1, 0.15) is 12.8 Å². The van der Waals surface area contributed by atoms with Crippen LogP contribution in [0.15, 0.2) is 0 Å². The second-order valence-electron chi connectivity index (χ2n) is 4.39. The summed E-state index contributed by atoms with van der Waals surface area (Å²) >= 11 is 0. The second kappa shape index (κ2) is 6.70. The number of rotatable bonds is 4. The highest BCUT2D eigenvalue weighted by Gasteiger charge is 2.22. The van der Waals surface area contributed by atoms with Crippen LogP contribution in [-0.2, 0) is 4.74 Å². The van der Waals surface area contributed by atoms with Crippen LogP contribution >= 0.6 is 0 Å². The Morgan fingerprint density at radius 2 is 2.06 bits per heavy atom. The Balaban J connectivity index is 2.20. The minimum atomic E-state index is 0.121. The predicted molar refractivity (Wildman–Crippen MR) is 63.6 cm³/mol. The van der Waals surface area contributed by atoms with Gasteiger partial charge in [-0.05, 0) is 12.8 Å². The number of methoxy groups -OCH3 is 1. The molecular weight excluding hydrogens is 206 g/mol. The van der Waals surface area contributed by atoms with E-state index in [1.165, 1.54) is 0 Å². The summed E-state index contributed by atoms with van der Waals surface area (Å²) in [6.07, 6.45) is 2.06. The van der Waals surface area contributed by atoms with E-state index in [2.05, 4.69) is 5.32 Å². The summed E-state index contributed by atoms with van der Waals surface area (Å²) in [5, 5.41) is 3.43. The van der Waals surface area contributed by atoms with Gasteiger partial charge in [-0.1, -0.05) is 0 Å². The highest BCUT2D eigenvalue weighted by molar-refractivity contribution is 5.73. The van der Waals surface area contributed by atoms with Crippen LogP contribution in [0.4, 0.5) is 4.79 Å². The zero-order valence-electron chi connectivity index (χ0n) is 10.5. The Hall–Kier alpha value is -0.810. The van der Waals surface area contributed by atoms with E-state index in [0.29, 0.717) is 6.04 Å². The van der Waals surface area contributed by atoms with E-state index in [1.807, 2.05) is 4.90 Å². The number of piperidine rings is 1. The highest BCUT2D eigenvalue weighted by Crippen LogP contribution is 2.11. The molecule has 0 spiro atoms. The molecule has 0 saturated carbocycles. The number of amides is 2. The van der Waals surface area contributed by atoms with Crippen molar-refractivity contribution in [3.05, 3.63) is 0 Å². The standard InChI is InChI=1S/C11H23N3O2/c1-13(2)11(15)14-7-4-10(5-8-14)12-6-9-16-3/h10,12H,4-9H2,1-3H3. The topological polar surface area (TPSA) is 44.8 Å². The molecule has 5 nitrogen and oxygen atoms in total. The number of nitrogens with one attached hydrogen (secondary N) is 1. The van der Waals surface area contributed by atoms with Crippen molar-refractivity contribution in [1.29, 1.82) is 0 Å². The highest BCUT2D eigenvalue weighted by atomic mass is 16.5. The van der Waals surface area contributed by atoms with E-state index in [9.17, 15) is 4.79 Å². The molecule has 1 rings (SSSR count). The molecule has 0 aliphatic carbocycles. The van der Waals surface area contributed by atoms with Gasteiger partial charge in [0.05, 0.1) is 6.61 Å². The van der Waals surface area contributed by atoms with E-state index in [0.717, 1.165) is 39.1 Å². The Labute approximate surface area is 97.7 Å². The summed E-state index contributed by atoms with van der Waals surface area (Å²) in [6, 6.07) is 0.650. The van der Waals surface area contributed by atoms with Crippen LogP contribution in [-0.4, -0.2) is 69.3 Å². The fraction of sp³-hybridized carbons (Fsp3) is 0.909. The maximum atomic E-state index is 11.7. The van der Waals surface area contributed by atoms with Crippen molar-refractivity contribution in [3.8, 4) is 0 Å². The molecule has 0 aromatic rings. The zero-order valence-corrected chi connectivity index (χ0v) is 10.5. The van der Waals surface area contributed by atoms with Crippen LogP contribution in [0, 0.1) is 0 Å². The molecule has 1 N–H and O–H groups in total. The molecule has 0 unspecified atom stereocenters. The van der Waals surface area contributed by atoms with Crippen molar-refractivity contribution in [1.82, 2.24) is 15.1 Å². The third-order valence-electron chi connectivity index (χ3n) is 2.89. The summed E-state index contributed by atoms with van der Waals surface area (Å²) in [5.41, 5.74) is 0. The predicted octanol–water partition coefficient (Wildman–Crippen LogP) is 0.368. The Morgan fingerprint density at radius 1 is 1.44 bits per heavy atom. The second-order valence-corrected chi connectivity index (χ2v) is 4.39. The van der Waals surface area contributed by atoms with Crippen molar-refractivity contribution in [2.75, 3.05) is 47.4 Å². The average molecular weight is 229 g/mol. The summed E-state index contributed by atoms with van der Waals surface area (Å²) in [4.78, 5) is 15.2. The van der Waals surface area contributed by atoms with Gasteiger partial charge in [-0.2, -0.15) is 0 Å². The number of likely N-dealkylation sites (tertiary alicyclic amines) is 1. The first kappa shape index (κ1) is 13.3. The normalized spacial score (nSPS) is 17.6. The molecule has 5 heteroatoms. The van der Waals surface area contributed by atoms with Crippen molar-refractivity contribution < 1.29 is 9.53 Å². The van der Waals surface area contributed by atoms with Gasteiger partial charge >= 0.3 is 6.03 Å². The smallest absolute Gasteiger partial charge is 0.319 e. The third-order valence-corrected chi connectivity index (χ3v) is 2.89. The molecule has 16 heavy (non-hydrogen) atoms. The lowest BCUT2D eigenvalue weighted by molar-refractivity contribution is 0.148. The molecule has 1 heterocycles. The average Bonchev–Trinajstić information content (AvgIpc) is 2.29. The molecule has 1 saturated heterocycles. The first-order chi connectivity index (χ1) is 7.65. The number of hydrogen-bond acceptors (Lipinski definition) is 3. The van der Waals surface area contributed by atoms with E-state index < -0.39 is 0 Å². The van der Waals surface area contributed by atoms with Gasteiger partial charge in [0, 0.05) is 46.9 Å². The van der Waals surface area contributed by atoms with Gasteiger partial charge in [-0.25, -0.2) is 4.79 Å². The van der Waals surface area contributed by atoms with E-state index in [-0.39, 0.29) is 6.03 Å². The molecule has 0 radical (unpaired) electrons. The maximum absolute atomic E-state index is 11.7. The quantitative estimate of drug-likeness (QED) is 0.708. The summed E-state index contributed by atoms with van der Waals surface area (Å²) in [5.74, 6) is 0. The van der Waals surface area contributed by atoms with Crippen LogP contribution in [0.2, 0.25) is 0 Å². The Bertz CT molecular complexity index is 213. The van der Waals surface area contributed by atoms with Crippen molar-refractivity contribution >= 4 is 6.03 Å². The first-order valence-electron chi connectivity index (χ1n) is 5.83. The summed E-state index contributed by atoms with van der Waals surface area (Å²) in [7, 11) is 5.30. The van der Waals surface area contributed by atoms with Gasteiger partial charge in [-0.3, -0.25) is 0 Å². The van der Waals surface area contributed by atoms with Crippen LogP contribution in [0.25, 0.3) is 0 Å². The van der Waals surface area contributed by atoms with Crippen LogP contribution < -0.4 is 5.32 Å². The van der Waals surface area contributed by atoms with Crippen LogP contribution in [0.3, 0.4) is 0 Å². The van der Waals surface area contributed by atoms with Crippen LogP contribution in [0.5, 0.6) is 0 Å². The molecule has 94 valence electrons. The van der Waals surface area contributed by atoms with E-state index in [1.54, 1.807) is 26.1 Å². The molecule has 0 aromatic carbocycles. The minimum absolute atomic E-state index is 0.121. The lowest BCUT2D eigenvalue weighted by Crippen LogP contribution is -2.48. The van der Waals surface area contributed by atoms with E-state index >= 15 is 0 Å². The van der Waals surface area contributed by atoms with Gasteiger partial charge in [-0.15, -0.1) is 0 Å². The molecule has 0 atom stereocenters. The van der Waals surface area contributed by atoms with Crippen molar-refractivity contribution in [2.45, 2.75) is 18.9 Å². The third kappa shape index (κ3) is 3.98. The molecule has 0 bridgehead atoms. The number of carbonyl (C=O) groups is 1. The van der Waals surface area contributed by atoms with E-state index in [4.69, 9.17) is 4.74 Å². The zero-order chi connectivity index (χ0) is 12.0. The summed E-state index contributed by atoms with van der Waals surface area (Å²) in [6.45, 7) is 3.34. The van der Waals surface area contributed by atoms with Gasteiger partial charge < -0.3 is 19.9 Å². The van der Waals surface area contributed by atoms with Crippen molar-refractivity contribution in [3.63, 3.8) is 0 Å². The molecule has 1 aliphatic rings. The SMILES string of the molecule is COCCNC1CCN(C(=O)N(C)C)CC1. The van der Waals surface area contributed by atoms with Gasteiger partial charge in [0.25, 0.3) is 0 Å². The number of carbonyl (C=O) groups excluding carboxylic acids is 1. The number of ether oxygens (including phenoxy) is 1. The van der Waals surface area contributed by atoms with Gasteiger partial charge in [0.1, 0.15) is 0 Å². The minimum Gasteiger partial charge on any atom is -0.383 e. The number of hydrogen-bond donors (Lipinski definition) is 1. The lowest BCUT2D eigenvalue weighted by Gasteiger charge is -2.34. The van der Waals surface area contributed by atoms with Crippen molar-refractivity contribution in [2.24, 2.45) is 0 Å². The number of urea groups is 1. The number of nitrogens with zero attached hydrogens (tertiary/aromatic N) is 2. The largest absolute Gasteiger partial charge is 0.383 e. The van der Waals surface area contributed by atoms with Gasteiger partial charge in [0.15, 0.2) is 0 Å². The lowest BCUT2D eigenvalue weighted by atomic mass is 10.1. The molecular formula is C11H23N3O2. The van der Waals surface area contributed by atoms with Gasteiger partial charge in [0.2, 0.25) is 0 Å². The summed E-state index contributed by atoms with van der Waals surface area (Å²) < 4.78 is 4.99. The maximum Gasteiger partial charge on any atom is 0.319 e. The fourth-order valence-corrected chi connectivity index (χ4v) is 1.92. The fourth-order valence-electron chi connectivity index (χ4n) is 1.92. The monoisotopic (exact) mass is 229 g/mol. The molecule has 2 amide bonds. The Morgan fingerprint density at radius 3 is 2.56 bits per heavy atom.